The van der Waals surface area contributed by atoms with Gasteiger partial charge in [-0.05, 0) is 37.2 Å². The monoisotopic (exact) mass is 345 g/mol. The number of hydrogen-bond donors (Lipinski definition) is 2. The molecule has 114 valence electrons. The van der Waals surface area contributed by atoms with Crippen LogP contribution >= 0.6 is 22.9 Å². The van der Waals surface area contributed by atoms with Crippen LogP contribution in [0.4, 0.5) is 5.82 Å². The Balaban J connectivity index is 2.11. The van der Waals surface area contributed by atoms with Crippen LogP contribution < -0.4 is 10.0 Å². The molecule has 0 aliphatic rings. The Morgan fingerprint density at radius 1 is 1.33 bits per heavy atom. The lowest BCUT2D eigenvalue weighted by Crippen LogP contribution is -2.13. The molecule has 0 atom stereocenters. The molecule has 8 heteroatoms. The van der Waals surface area contributed by atoms with Crippen molar-refractivity contribution in [3.05, 3.63) is 40.4 Å². The number of hydrogen-bond acceptors (Lipinski definition) is 5. The van der Waals surface area contributed by atoms with E-state index in [9.17, 15) is 8.42 Å². The summed E-state index contributed by atoms with van der Waals surface area (Å²) in [5.74, 6) is 0.137. The molecule has 21 heavy (non-hydrogen) atoms. The third kappa shape index (κ3) is 4.41. The predicted molar refractivity (Wildman–Crippen MR) is 86.4 cm³/mol. The van der Waals surface area contributed by atoms with Crippen LogP contribution in [0.1, 0.15) is 18.2 Å². The molecule has 2 rings (SSSR count). The molecule has 0 saturated carbocycles. The predicted octanol–water partition coefficient (Wildman–Crippen LogP) is 3.10. The number of nitrogens with zero attached hydrogens (tertiary/aromatic N) is 1. The lowest BCUT2D eigenvalue weighted by Gasteiger charge is -2.06. The van der Waals surface area contributed by atoms with E-state index < -0.39 is 10.0 Å². The molecule has 0 saturated heterocycles. The van der Waals surface area contributed by atoms with Crippen LogP contribution in [0.2, 0.25) is 5.02 Å². The molecular formula is C13H16ClN3O2S2. The van der Waals surface area contributed by atoms with E-state index in [1.54, 1.807) is 18.2 Å². The molecule has 0 aliphatic heterocycles. The normalized spacial score (nSPS) is 11.5. The van der Waals surface area contributed by atoms with Crippen molar-refractivity contribution in [2.75, 3.05) is 11.3 Å². The number of pyridine rings is 1. The molecule has 0 unspecified atom stereocenters. The summed E-state index contributed by atoms with van der Waals surface area (Å²) in [7, 11) is -3.65. The van der Waals surface area contributed by atoms with Gasteiger partial charge in [-0.1, -0.05) is 18.5 Å². The number of aromatic nitrogens is 1. The maximum atomic E-state index is 12.3. The Labute approximate surface area is 133 Å². The first-order chi connectivity index (χ1) is 10.0. The van der Waals surface area contributed by atoms with Crippen molar-refractivity contribution in [2.24, 2.45) is 0 Å². The zero-order valence-electron chi connectivity index (χ0n) is 11.5. The molecule has 0 aromatic carbocycles. The average molecular weight is 346 g/mol. The van der Waals surface area contributed by atoms with Crippen molar-refractivity contribution in [3.63, 3.8) is 0 Å². The third-order valence-electron chi connectivity index (χ3n) is 2.62. The Bertz CT molecular complexity index is 701. The fourth-order valence-corrected chi connectivity index (χ4v) is 4.20. The fourth-order valence-electron chi connectivity index (χ4n) is 1.62. The molecule has 2 N–H and O–H groups in total. The highest BCUT2D eigenvalue weighted by Gasteiger charge is 2.18. The summed E-state index contributed by atoms with van der Waals surface area (Å²) in [6.45, 7) is 3.65. The van der Waals surface area contributed by atoms with Gasteiger partial charge in [0.15, 0.2) is 5.82 Å². The highest BCUT2D eigenvalue weighted by Crippen LogP contribution is 2.26. The Morgan fingerprint density at radius 2 is 2.14 bits per heavy atom. The van der Waals surface area contributed by atoms with E-state index in [0.29, 0.717) is 6.54 Å². The summed E-state index contributed by atoms with van der Waals surface area (Å²) >= 11 is 7.14. The second-order valence-electron chi connectivity index (χ2n) is 4.34. The van der Waals surface area contributed by atoms with Gasteiger partial charge in [0.25, 0.3) is 10.0 Å². The molecule has 2 heterocycles. The van der Waals surface area contributed by atoms with Crippen molar-refractivity contribution >= 4 is 38.8 Å². The lowest BCUT2D eigenvalue weighted by molar-refractivity contribution is 0.603. The lowest BCUT2D eigenvalue weighted by atomic mass is 10.4. The van der Waals surface area contributed by atoms with E-state index in [4.69, 9.17) is 11.6 Å². The second kappa shape index (κ2) is 7.22. The van der Waals surface area contributed by atoms with Gasteiger partial charge in [-0.2, -0.15) is 0 Å². The average Bonchev–Trinajstić information content (AvgIpc) is 2.91. The quantitative estimate of drug-likeness (QED) is 0.756. The van der Waals surface area contributed by atoms with Gasteiger partial charge in [-0.25, -0.2) is 13.4 Å². The summed E-state index contributed by atoms with van der Waals surface area (Å²) in [4.78, 5) is 4.89. The Hall–Kier alpha value is -1.15. The number of anilines is 1. The van der Waals surface area contributed by atoms with Gasteiger partial charge in [-0.15, -0.1) is 11.3 Å². The Morgan fingerprint density at radius 3 is 2.86 bits per heavy atom. The molecule has 0 spiro atoms. The highest BCUT2D eigenvalue weighted by molar-refractivity contribution is 7.94. The maximum Gasteiger partial charge on any atom is 0.272 e. The van der Waals surface area contributed by atoms with E-state index in [-0.39, 0.29) is 15.0 Å². The molecule has 0 amide bonds. The second-order valence-corrected chi connectivity index (χ2v) is 7.82. The number of nitrogens with one attached hydrogen (secondary N) is 2. The van der Waals surface area contributed by atoms with Crippen molar-refractivity contribution in [1.29, 1.82) is 0 Å². The molecule has 5 nitrogen and oxygen atoms in total. The van der Waals surface area contributed by atoms with Gasteiger partial charge in [-0.3, -0.25) is 4.72 Å². The molecule has 0 radical (unpaired) electrons. The minimum Gasteiger partial charge on any atom is -0.312 e. The Kier molecular flexibility index (Phi) is 5.58. The minimum atomic E-state index is -3.65. The third-order valence-corrected chi connectivity index (χ3v) is 5.84. The smallest absolute Gasteiger partial charge is 0.272 e. The fraction of sp³-hybridized carbons (Fsp3) is 0.308. The molecule has 0 aliphatic carbocycles. The standard InChI is InChI=1S/C13H16ClN3O2S2/c1-2-7-15-9-10-5-6-12(20-10)21(18,19)17-13-11(14)4-3-8-16-13/h3-6,8,15H,2,7,9H2,1H3,(H,16,17). The summed E-state index contributed by atoms with van der Waals surface area (Å²) in [5.41, 5.74) is 0. The van der Waals surface area contributed by atoms with Crippen molar-refractivity contribution in [3.8, 4) is 0 Å². The van der Waals surface area contributed by atoms with Crippen molar-refractivity contribution in [2.45, 2.75) is 24.1 Å². The van der Waals surface area contributed by atoms with Crippen LogP contribution in [-0.4, -0.2) is 19.9 Å². The summed E-state index contributed by atoms with van der Waals surface area (Å²) in [6.07, 6.45) is 2.52. The molecule has 2 aromatic rings. The summed E-state index contributed by atoms with van der Waals surface area (Å²) in [5, 5.41) is 3.50. The van der Waals surface area contributed by atoms with Gasteiger partial charge in [0.05, 0.1) is 5.02 Å². The van der Waals surface area contributed by atoms with E-state index in [1.807, 2.05) is 6.07 Å². The SMILES string of the molecule is CCCNCc1ccc(S(=O)(=O)Nc2ncccc2Cl)s1. The number of thiophene rings is 1. The largest absolute Gasteiger partial charge is 0.312 e. The first-order valence-corrected chi connectivity index (χ1v) is 9.13. The van der Waals surface area contributed by atoms with E-state index in [1.165, 1.54) is 17.5 Å². The van der Waals surface area contributed by atoms with E-state index in [0.717, 1.165) is 17.8 Å². The molecule has 0 fully saturated rings. The highest BCUT2D eigenvalue weighted by atomic mass is 35.5. The first kappa shape index (κ1) is 16.2. The molecule has 2 aromatic heterocycles. The topological polar surface area (TPSA) is 71.1 Å². The van der Waals surface area contributed by atoms with E-state index in [2.05, 4.69) is 21.9 Å². The van der Waals surface area contributed by atoms with Crippen LogP contribution in [0.25, 0.3) is 0 Å². The van der Waals surface area contributed by atoms with E-state index >= 15 is 0 Å². The zero-order chi connectivity index (χ0) is 15.3. The van der Waals surface area contributed by atoms with Gasteiger partial charge in [0, 0.05) is 17.6 Å². The first-order valence-electron chi connectivity index (χ1n) is 6.45. The van der Waals surface area contributed by atoms with Crippen LogP contribution in [0, 0.1) is 0 Å². The summed E-state index contributed by atoms with van der Waals surface area (Å²) < 4.78 is 27.2. The van der Waals surface area contributed by atoms with Crippen LogP contribution in [0.5, 0.6) is 0 Å². The van der Waals surface area contributed by atoms with Gasteiger partial charge in [0.2, 0.25) is 0 Å². The summed E-state index contributed by atoms with van der Waals surface area (Å²) in [6, 6.07) is 6.62. The van der Waals surface area contributed by atoms with Gasteiger partial charge >= 0.3 is 0 Å². The van der Waals surface area contributed by atoms with Gasteiger partial charge in [0.1, 0.15) is 4.21 Å². The number of rotatable bonds is 7. The van der Waals surface area contributed by atoms with Gasteiger partial charge < -0.3 is 5.32 Å². The van der Waals surface area contributed by atoms with Crippen LogP contribution in [0.15, 0.2) is 34.7 Å². The van der Waals surface area contributed by atoms with Crippen molar-refractivity contribution in [1.82, 2.24) is 10.3 Å². The van der Waals surface area contributed by atoms with Crippen LogP contribution in [0.3, 0.4) is 0 Å². The van der Waals surface area contributed by atoms with Crippen LogP contribution in [-0.2, 0) is 16.6 Å². The van der Waals surface area contributed by atoms with Crippen molar-refractivity contribution < 1.29 is 8.42 Å². The number of halogens is 1. The zero-order valence-corrected chi connectivity index (χ0v) is 13.9. The molecular weight excluding hydrogens is 330 g/mol. The molecule has 0 bridgehead atoms. The maximum absolute atomic E-state index is 12.3. The minimum absolute atomic E-state index is 0.137. The number of sulfonamides is 1.